The Morgan fingerprint density at radius 1 is 1.25 bits per heavy atom. The molecule has 0 aliphatic carbocycles. The molecule has 2 rings (SSSR count). The SMILES string of the molecule is CCN(CC)C[C@@H](C)C(=O)c1cn(C)c2ccccc12. The lowest BCUT2D eigenvalue weighted by Crippen LogP contribution is -2.31. The van der Waals surface area contributed by atoms with E-state index in [9.17, 15) is 4.79 Å². The van der Waals surface area contributed by atoms with Crippen LogP contribution >= 0.6 is 0 Å². The van der Waals surface area contributed by atoms with Crippen LogP contribution < -0.4 is 0 Å². The van der Waals surface area contributed by atoms with E-state index in [2.05, 4.69) is 24.8 Å². The molecule has 1 atom stereocenters. The van der Waals surface area contributed by atoms with Crippen molar-refractivity contribution in [1.82, 2.24) is 9.47 Å². The standard InChI is InChI=1S/C17H24N2O/c1-5-19(6-2)11-13(3)17(20)15-12-18(4)16-10-8-7-9-14(15)16/h7-10,12-13H,5-6,11H2,1-4H3/t13-/m1/s1. The number of ketones is 1. The highest BCUT2D eigenvalue weighted by Gasteiger charge is 2.21. The number of fused-ring (bicyclic) bond motifs is 1. The number of hydrogen-bond donors (Lipinski definition) is 0. The molecule has 1 aromatic carbocycles. The fourth-order valence-corrected chi connectivity index (χ4v) is 2.76. The van der Waals surface area contributed by atoms with Crippen LogP contribution in [0.2, 0.25) is 0 Å². The first-order chi connectivity index (χ1) is 9.58. The average Bonchev–Trinajstić information content (AvgIpc) is 2.81. The van der Waals surface area contributed by atoms with E-state index in [1.807, 2.05) is 42.9 Å². The number of Topliss-reactive ketones (excluding diaryl/α,β-unsaturated/α-hetero) is 1. The second kappa shape index (κ2) is 6.23. The number of aromatic nitrogens is 1. The summed E-state index contributed by atoms with van der Waals surface area (Å²) in [5, 5.41) is 1.06. The first-order valence-electron chi connectivity index (χ1n) is 7.39. The molecular formula is C17H24N2O. The van der Waals surface area contributed by atoms with Crippen molar-refractivity contribution in [2.24, 2.45) is 13.0 Å². The van der Waals surface area contributed by atoms with E-state index in [1.165, 1.54) is 0 Å². The van der Waals surface area contributed by atoms with Gasteiger partial charge in [0.1, 0.15) is 0 Å². The summed E-state index contributed by atoms with van der Waals surface area (Å²) in [6, 6.07) is 8.10. The number of carbonyl (C=O) groups excluding carboxylic acids is 1. The van der Waals surface area contributed by atoms with Crippen LogP contribution in [0.25, 0.3) is 10.9 Å². The van der Waals surface area contributed by atoms with Crippen molar-refractivity contribution in [3.05, 3.63) is 36.0 Å². The number of nitrogens with zero attached hydrogens (tertiary/aromatic N) is 2. The number of aryl methyl sites for hydroxylation is 1. The van der Waals surface area contributed by atoms with Gasteiger partial charge in [0.15, 0.2) is 5.78 Å². The van der Waals surface area contributed by atoms with Gasteiger partial charge in [-0.25, -0.2) is 0 Å². The predicted molar refractivity (Wildman–Crippen MR) is 84.2 cm³/mol. The summed E-state index contributed by atoms with van der Waals surface area (Å²) in [5.74, 6) is 0.273. The summed E-state index contributed by atoms with van der Waals surface area (Å²) in [4.78, 5) is 15.0. The zero-order valence-electron chi connectivity index (χ0n) is 12.9. The second-order valence-corrected chi connectivity index (χ2v) is 5.42. The molecule has 0 saturated carbocycles. The van der Waals surface area contributed by atoms with Gasteiger partial charge in [0.25, 0.3) is 0 Å². The minimum absolute atomic E-state index is 0.0284. The van der Waals surface area contributed by atoms with Gasteiger partial charge in [-0.1, -0.05) is 39.0 Å². The Labute approximate surface area is 121 Å². The van der Waals surface area contributed by atoms with E-state index in [0.717, 1.165) is 36.1 Å². The van der Waals surface area contributed by atoms with Crippen LogP contribution in [0.3, 0.4) is 0 Å². The lowest BCUT2D eigenvalue weighted by molar-refractivity contribution is 0.0900. The van der Waals surface area contributed by atoms with E-state index in [0.29, 0.717) is 0 Å². The smallest absolute Gasteiger partial charge is 0.169 e. The summed E-state index contributed by atoms with van der Waals surface area (Å²) in [7, 11) is 1.99. The van der Waals surface area contributed by atoms with Gasteiger partial charge in [0.05, 0.1) is 0 Å². The third kappa shape index (κ3) is 2.78. The molecule has 0 unspecified atom stereocenters. The zero-order valence-corrected chi connectivity index (χ0v) is 12.9. The molecule has 2 aromatic rings. The van der Waals surface area contributed by atoms with Crippen molar-refractivity contribution >= 4 is 16.7 Å². The van der Waals surface area contributed by atoms with Crippen LogP contribution in [0.1, 0.15) is 31.1 Å². The fourth-order valence-electron chi connectivity index (χ4n) is 2.76. The molecule has 3 heteroatoms. The van der Waals surface area contributed by atoms with E-state index < -0.39 is 0 Å². The lowest BCUT2D eigenvalue weighted by Gasteiger charge is -2.21. The highest BCUT2D eigenvalue weighted by molar-refractivity contribution is 6.09. The first-order valence-corrected chi connectivity index (χ1v) is 7.39. The van der Waals surface area contributed by atoms with Crippen LogP contribution in [0.4, 0.5) is 0 Å². The zero-order chi connectivity index (χ0) is 14.7. The maximum Gasteiger partial charge on any atom is 0.169 e. The summed E-state index contributed by atoms with van der Waals surface area (Å²) in [5.41, 5.74) is 1.97. The molecule has 3 nitrogen and oxygen atoms in total. The van der Waals surface area contributed by atoms with Gasteiger partial charge >= 0.3 is 0 Å². The van der Waals surface area contributed by atoms with Gasteiger partial charge in [-0.2, -0.15) is 0 Å². The molecule has 0 radical (unpaired) electrons. The van der Waals surface area contributed by atoms with Crippen molar-refractivity contribution in [3.63, 3.8) is 0 Å². The van der Waals surface area contributed by atoms with Crippen molar-refractivity contribution in [3.8, 4) is 0 Å². The number of hydrogen-bond acceptors (Lipinski definition) is 2. The van der Waals surface area contributed by atoms with Gasteiger partial charge in [0.2, 0.25) is 0 Å². The predicted octanol–water partition coefficient (Wildman–Crippen LogP) is 3.34. The van der Waals surface area contributed by atoms with Gasteiger partial charge in [-0.3, -0.25) is 4.79 Å². The van der Waals surface area contributed by atoms with Gasteiger partial charge in [-0.05, 0) is 19.2 Å². The molecule has 0 amide bonds. The molecule has 0 bridgehead atoms. The average molecular weight is 272 g/mol. The first kappa shape index (κ1) is 14.8. The Balaban J connectivity index is 2.27. The summed E-state index contributed by atoms with van der Waals surface area (Å²) in [6.07, 6.45) is 1.96. The Morgan fingerprint density at radius 3 is 2.55 bits per heavy atom. The Bertz CT molecular complexity index is 596. The molecule has 0 aliphatic heterocycles. The molecule has 1 aromatic heterocycles. The van der Waals surface area contributed by atoms with E-state index in [-0.39, 0.29) is 11.7 Å². The largest absolute Gasteiger partial charge is 0.350 e. The second-order valence-electron chi connectivity index (χ2n) is 5.42. The topological polar surface area (TPSA) is 25.2 Å². The van der Waals surface area contributed by atoms with Gasteiger partial charge < -0.3 is 9.47 Å². The lowest BCUT2D eigenvalue weighted by atomic mass is 9.98. The maximum absolute atomic E-state index is 12.7. The Morgan fingerprint density at radius 2 is 1.90 bits per heavy atom. The van der Waals surface area contributed by atoms with Gasteiger partial charge in [0, 0.05) is 42.2 Å². The fraction of sp³-hybridized carbons (Fsp3) is 0.471. The van der Waals surface area contributed by atoms with E-state index >= 15 is 0 Å². The third-order valence-corrected chi connectivity index (χ3v) is 4.04. The molecule has 20 heavy (non-hydrogen) atoms. The molecule has 108 valence electrons. The van der Waals surface area contributed by atoms with Crippen LogP contribution in [-0.2, 0) is 7.05 Å². The molecule has 0 fully saturated rings. The number of benzene rings is 1. The highest BCUT2D eigenvalue weighted by Crippen LogP contribution is 2.23. The van der Waals surface area contributed by atoms with Crippen molar-refractivity contribution in [1.29, 1.82) is 0 Å². The summed E-state index contributed by atoms with van der Waals surface area (Å²) >= 11 is 0. The van der Waals surface area contributed by atoms with Crippen molar-refractivity contribution in [2.75, 3.05) is 19.6 Å². The molecule has 0 saturated heterocycles. The molecule has 0 aliphatic rings. The molecular weight excluding hydrogens is 248 g/mol. The van der Waals surface area contributed by atoms with Crippen molar-refractivity contribution < 1.29 is 4.79 Å². The third-order valence-electron chi connectivity index (χ3n) is 4.04. The molecule has 0 N–H and O–H groups in total. The minimum atomic E-state index is 0.0284. The number of rotatable bonds is 6. The molecule has 0 spiro atoms. The normalized spacial score (nSPS) is 13.1. The van der Waals surface area contributed by atoms with Crippen LogP contribution in [0.15, 0.2) is 30.5 Å². The van der Waals surface area contributed by atoms with Gasteiger partial charge in [-0.15, -0.1) is 0 Å². The summed E-state index contributed by atoms with van der Waals surface area (Å²) < 4.78 is 2.03. The Kier molecular flexibility index (Phi) is 4.61. The minimum Gasteiger partial charge on any atom is -0.350 e. The van der Waals surface area contributed by atoms with Crippen molar-refractivity contribution in [2.45, 2.75) is 20.8 Å². The quantitative estimate of drug-likeness (QED) is 0.754. The highest BCUT2D eigenvalue weighted by atomic mass is 16.1. The molecule has 1 heterocycles. The monoisotopic (exact) mass is 272 g/mol. The van der Waals surface area contributed by atoms with E-state index in [4.69, 9.17) is 0 Å². The summed E-state index contributed by atoms with van der Waals surface area (Å²) in [6.45, 7) is 9.11. The maximum atomic E-state index is 12.7. The number of carbonyl (C=O) groups is 1. The van der Waals surface area contributed by atoms with E-state index in [1.54, 1.807) is 0 Å². The Hall–Kier alpha value is -1.61. The number of para-hydroxylation sites is 1. The van der Waals surface area contributed by atoms with Crippen LogP contribution in [0.5, 0.6) is 0 Å². The van der Waals surface area contributed by atoms with Crippen LogP contribution in [-0.4, -0.2) is 34.9 Å². The van der Waals surface area contributed by atoms with Crippen LogP contribution in [0, 0.1) is 5.92 Å².